The van der Waals surface area contributed by atoms with Gasteiger partial charge in [-0.25, -0.2) is 4.79 Å². The Hall–Kier alpha value is -1.88. The number of carbonyl (C=O) groups excluding carboxylic acids is 2. The number of unbranched alkanes of at least 4 members (excludes halogenated alkanes) is 2. The molecule has 0 aliphatic rings. The molecule has 1 aromatic carbocycles. The SMILES string of the molecule is CCCCCC(=O)NC(CO)C(=O)OCc1ccccc1. The summed E-state index contributed by atoms with van der Waals surface area (Å²) < 4.78 is 5.09. The number of esters is 1. The molecule has 0 aromatic heterocycles. The molecule has 1 amide bonds. The monoisotopic (exact) mass is 293 g/mol. The number of hydrogen-bond donors (Lipinski definition) is 2. The lowest BCUT2D eigenvalue weighted by Gasteiger charge is -2.15. The zero-order valence-electron chi connectivity index (χ0n) is 12.4. The molecule has 116 valence electrons. The topological polar surface area (TPSA) is 75.6 Å². The van der Waals surface area contributed by atoms with Crippen LogP contribution in [0.1, 0.15) is 38.2 Å². The third kappa shape index (κ3) is 6.90. The highest BCUT2D eigenvalue weighted by molar-refractivity contribution is 5.84. The highest BCUT2D eigenvalue weighted by Gasteiger charge is 2.21. The molecule has 1 rings (SSSR count). The molecule has 5 heteroatoms. The zero-order valence-corrected chi connectivity index (χ0v) is 12.4. The van der Waals surface area contributed by atoms with Crippen molar-refractivity contribution in [3.63, 3.8) is 0 Å². The molecule has 1 atom stereocenters. The molecule has 21 heavy (non-hydrogen) atoms. The van der Waals surface area contributed by atoms with Crippen molar-refractivity contribution in [2.75, 3.05) is 6.61 Å². The summed E-state index contributed by atoms with van der Waals surface area (Å²) >= 11 is 0. The van der Waals surface area contributed by atoms with Gasteiger partial charge < -0.3 is 15.2 Å². The Morgan fingerprint density at radius 3 is 2.57 bits per heavy atom. The Morgan fingerprint density at radius 1 is 1.24 bits per heavy atom. The lowest BCUT2D eigenvalue weighted by Crippen LogP contribution is -2.44. The number of aliphatic hydroxyl groups is 1. The van der Waals surface area contributed by atoms with Crippen molar-refractivity contribution in [1.29, 1.82) is 0 Å². The molecule has 0 radical (unpaired) electrons. The van der Waals surface area contributed by atoms with E-state index in [-0.39, 0.29) is 12.5 Å². The number of amides is 1. The van der Waals surface area contributed by atoms with E-state index in [0.29, 0.717) is 6.42 Å². The van der Waals surface area contributed by atoms with Crippen molar-refractivity contribution in [2.45, 2.75) is 45.3 Å². The van der Waals surface area contributed by atoms with Crippen molar-refractivity contribution < 1.29 is 19.4 Å². The molecule has 1 aromatic rings. The fraction of sp³-hybridized carbons (Fsp3) is 0.500. The molecule has 5 nitrogen and oxygen atoms in total. The molecule has 0 saturated carbocycles. The van der Waals surface area contributed by atoms with Crippen molar-refractivity contribution >= 4 is 11.9 Å². The number of hydrogen-bond acceptors (Lipinski definition) is 4. The van der Waals surface area contributed by atoms with E-state index in [1.165, 1.54) is 0 Å². The van der Waals surface area contributed by atoms with Crippen LogP contribution in [0.3, 0.4) is 0 Å². The molecule has 0 fully saturated rings. The minimum Gasteiger partial charge on any atom is -0.459 e. The first-order valence-electron chi connectivity index (χ1n) is 7.28. The molecule has 0 heterocycles. The maximum Gasteiger partial charge on any atom is 0.331 e. The van der Waals surface area contributed by atoms with Crippen LogP contribution in [0.4, 0.5) is 0 Å². The van der Waals surface area contributed by atoms with Crippen LogP contribution in [0.25, 0.3) is 0 Å². The Balaban J connectivity index is 2.36. The van der Waals surface area contributed by atoms with E-state index in [2.05, 4.69) is 12.2 Å². The molecular formula is C16H23NO4. The summed E-state index contributed by atoms with van der Waals surface area (Å²) in [6.07, 6.45) is 3.13. The fourth-order valence-corrected chi connectivity index (χ4v) is 1.81. The number of benzene rings is 1. The van der Waals surface area contributed by atoms with E-state index in [9.17, 15) is 14.7 Å². The number of carbonyl (C=O) groups is 2. The van der Waals surface area contributed by atoms with Crippen LogP contribution in [-0.2, 0) is 20.9 Å². The maximum atomic E-state index is 11.8. The van der Waals surface area contributed by atoms with Crippen LogP contribution < -0.4 is 5.32 Å². The average molecular weight is 293 g/mol. The predicted molar refractivity (Wildman–Crippen MR) is 79.4 cm³/mol. The summed E-state index contributed by atoms with van der Waals surface area (Å²) in [5.41, 5.74) is 0.858. The smallest absolute Gasteiger partial charge is 0.331 e. The van der Waals surface area contributed by atoms with E-state index < -0.39 is 18.6 Å². The van der Waals surface area contributed by atoms with Gasteiger partial charge in [-0.05, 0) is 12.0 Å². The van der Waals surface area contributed by atoms with E-state index in [1.807, 2.05) is 30.3 Å². The van der Waals surface area contributed by atoms with Gasteiger partial charge in [0.25, 0.3) is 0 Å². The molecule has 0 bridgehead atoms. The number of nitrogens with one attached hydrogen (secondary N) is 1. The third-order valence-electron chi connectivity index (χ3n) is 3.03. The van der Waals surface area contributed by atoms with Crippen LogP contribution in [0.15, 0.2) is 30.3 Å². The quantitative estimate of drug-likeness (QED) is 0.537. The van der Waals surface area contributed by atoms with Crippen LogP contribution >= 0.6 is 0 Å². The number of rotatable bonds is 9. The van der Waals surface area contributed by atoms with Gasteiger partial charge in [0, 0.05) is 6.42 Å². The lowest BCUT2D eigenvalue weighted by molar-refractivity contribution is -0.150. The van der Waals surface area contributed by atoms with Crippen LogP contribution in [-0.4, -0.2) is 29.6 Å². The van der Waals surface area contributed by atoms with Gasteiger partial charge in [0.1, 0.15) is 6.61 Å². The summed E-state index contributed by atoms with van der Waals surface area (Å²) in [5.74, 6) is -0.857. The second-order valence-electron chi connectivity index (χ2n) is 4.85. The van der Waals surface area contributed by atoms with Gasteiger partial charge in [0.15, 0.2) is 6.04 Å². The highest BCUT2D eigenvalue weighted by Crippen LogP contribution is 2.03. The Morgan fingerprint density at radius 2 is 1.95 bits per heavy atom. The average Bonchev–Trinajstić information content (AvgIpc) is 2.51. The maximum absolute atomic E-state index is 11.8. The van der Waals surface area contributed by atoms with Crippen LogP contribution in [0, 0.1) is 0 Å². The molecule has 0 spiro atoms. The van der Waals surface area contributed by atoms with Crippen molar-refractivity contribution in [3.8, 4) is 0 Å². The summed E-state index contributed by atoms with van der Waals surface area (Å²) in [6.45, 7) is 1.71. The standard InChI is InChI=1S/C16H23NO4/c1-2-3-5-10-15(19)17-14(11-18)16(20)21-12-13-8-6-4-7-9-13/h4,6-9,14,18H,2-3,5,10-12H2,1H3,(H,17,19). The summed E-state index contributed by atoms with van der Waals surface area (Å²) in [6, 6.07) is 8.25. The van der Waals surface area contributed by atoms with Gasteiger partial charge in [-0.3, -0.25) is 4.79 Å². The fourth-order valence-electron chi connectivity index (χ4n) is 1.81. The summed E-state index contributed by atoms with van der Waals surface area (Å²) in [4.78, 5) is 23.5. The second kappa shape index (κ2) is 9.94. The Bertz CT molecular complexity index is 433. The Labute approximate surface area is 125 Å². The number of aliphatic hydroxyl groups excluding tert-OH is 1. The highest BCUT2D eigenvalue weighted by atomic mass is 16.5. The van der Waals surface area contributed by atoms with Crippen LogP contribution in [0.2, 0.25) is 0 Å². The molecule has 0 aliphatic carbocycles. The van der Waals surface area contributed by atoms with Gasteiger partial charge in [-0.1, -0.05) is 50.1 Å². The summed E-state index contributed by atoms with van der Waals surface area (Å²) in [7, 11) is 0. The first-order valence-corrected chi connectivity index (χ1v) is 7.28. The zero-order chi connectivity index (χ0) is 15.5. The first-order chi connectivity index (χ1) is 10.2. The van der Waals surface area contributed by atoms with Crippen LogP contribution in [0.5, 0.6) is 0 Å². The minimum atomic E-state index is -0.997. The van der Waals surface area contributed by atoms with Gasteiger partial charge in [-0.2, -0.15) is 0 Å². The van der Waals surface area contributed by atoms with Gasteiger partial charge in [0.05, 0.1) is 6.61 Å². The lowest BCUT2D eigenvalue weighted by atomic mass is 10.2. The molecule has 0 aliphatic heterocycles. The molecule has 2 N–H and O–H groups in total. The third-order valence-corrected chi connectivity index (χ3v) is 3.03. The van der Waals surface area contributed by atoms with Gasteiger partial charge in [-0.15, -0.1) is 0 Å². The minimum absolute atomic E-state index is 0.127. The second-order valence-corrected chi connectivity index (χ2v) is 4.85. The van der Waals surface area contributed by atoms with Crippen molar-refractivity contribution in [1.82, 2.24) is 5.32 Å². The van der Waals surface area contributed by atoms with E-state index in [4.69, 9.17) is 4.74 Å². The normalized spacial score (nSPS) is 11.7. The summed E-state index contributed by atoms with van der Waals surface area (Å²) in [5, 5.41) is 11.7. The Kier molecular flexibility index (Phi) is 8.12. The van der Waals surface area contributed by atoms with Gasteiger partial charge in [0.2, 0.25) is 5.91 Å². The van der Waals surface area contributed by atoms with Crippen molar-refractivity contribution in [2.24, 2.45) is 0 Å². The molecule has 1 unspecified atom stereocenters. The van der Waals surface area contributed by atoms with E-state index in [1.54, 1.807) is 0 Å². The molecular weight excluding hydrogens is 270 g/mol. The van der Waals surface area contributed by atoms with Crippen molar-refractivity contribution in [3.05, 3.63) is 35.9 Å². The van der Waals surface area contributed by atoms with E-state index >= 15 is 0 Å². The predicted octanol–water partition coefficient (Wildman–Crippen LogP) is 1.79. The number of ether oxygens (including phenoxy) is 1. The van der Waals surface area contributed by atoms with Gasteiger partial charge >= 0.3 is 5.97 Å². The first kappa shape index (κ1) is 17.2. The largest absolute Gasteiger partial charge is 0.459 e. The molecule has 0 saturated heterocycles. The van der Waals surface area contributed by atoms with E-state index in [0.717, 1.165) is 24.8 Å².